The second-order valence-electron chi connectivity index (χ2n) is 6.12. The molecule has 0 bridgehead atoms. The first-order chi connectivity index (χ1) is 12.6. The van der Waals surface area contributed by atoms with Crippen molar-refractivity contribution in [2.45, 2.75) is 37.2 Å². The van der Waals surface area contributed by atoms with Gasteiger partial charge in [0.25, 0.3) is 15.6 Å². The van der Waals surface area contributed by atoms with Crippen molar-refractivity contribution in [3.63, 3.8) is 0 Å². The van der Waals surface area contributed by atoms with Crippen LogP contribution in [-0.4, -0.2) is 26.9 Å². The molecule has 1 atom stereocenters. The summed E-state index contributed by atoms with van der Waals surface area (Å²) in [4.78, 5) is 26.2. The van der Waals surface area contributed by atoms with Crippen LogP contribution < -0.4 is 15.0 Å². The fourth-order valence-corrected chi connectivity index (χ4v) is 2.88. The summed E-state index contributed by atoms with van der Waals surface area (Å²) in [5.74, 6) is 0.0934. The molecule has 10 heteroatoms. The maximum atomic E-state index is 12.7. The molecule has 1 N–H and O–H groups in total. The fourth-order valence-electron chi connectivity index (χ4n) is 2.74. The monoisotopic (exact) mass is 431 g/mol. The number of aryl methyl sites for hydroxylation is 2. The van der Waals surface area contributed by atoms with Gasteiger partial charge in [-0.3, -0.25) is 9.59 Å². The van der Waals surface area contributed by atoms with Crippen LogP contribution in [-0.2, 0) is 16.1 Å². The number of carbonyl (C=O) groups is 2. The van der Waals surface area contributed by atoms with E-state index >= 15 is 0 Å². The number of halogens is 3. The van der Waals surface area contributed by atoms with E-state index in [0.29, 0.717) is 28.6 Å². The van der Waals surface area contributed by atoms with Crippen LogP contribution in [0.4, 0.5) is 11.4 Å². The summed E-state index contributed by atoms with van der Waals surface area (Å²) in [6.07, 6.45) is -0.653. The summed E-state index contributed by atoms with van der Waals surface area (Å²) in [6.45, 7) is 5.51. The molecule has 1 unspecified atom stereocenters. The van der Waals surface area contributed by atoms with Gasteiger partial charge >= 0.3 is 0 Å². The lowest BCUT2D eigenvalue weighted by Gasteiger charge is -2.33. The Hall–Kier alpha value is -1.96. The Bertz CT molecular complexity index is 888. The van der Waals surface area contributed by atoms with E-state index in [1.165, 1.54) is 0 Å². The molecule has 2 amide bonds. The van der Waals surface area contributed by atoms with Crippen LogP contribution in [0, 0.1) is 13.8 Å². The fraction of sp³-hybridized carbons (Fsp3) is 0.353. The predicted octanol–water partition coefficient (Wildman–Crippen LogP) is 3.91. The number of benzene rings is 1. The molecule has 27 heavy (non-hydrogen) atoms. The quantitative estimate of drug-likeness (QED) is 0.743. The molecule has 144 valence electrons. The molecule has 1 aromatic carbocycles. The van der Waals surface area contributed by atoms with Crippen molar-refractivity contribution >= 4 is 58.0 Å². The van der Waals surface area contributed by atoms with Crippen LogP contribution in [0.25, 0.3) is 0 Å². The van der Waals surface area contributed by atoms with Crippen molar-refractivity contribution in [3.8, 4) is 5.75 Å². The topological polar surface area (TPSA) is 84.7 Å². The third kappa shape index (κ3) is 4.00. The van der Waals surface area contributed by atoms with Gasteiger partial charge in [0.2, 0.25) is 0 Å². The molecule has 0 radical (unpaired) electrons. The summed E-state index contributed by atoms with van der Waals surface area (Å²) < 4.78 is 8.74. The number of nitrogens with one attached hydrogen (secondary N) is 1. The van der Waals surface area contributed by atoms with Gasteiger partial charge in [-0.2, -0.15) is 0 Å². The normalized spacial score (nSPS) is 16.7. The number of carbonyl (C=O) groups excluding carboxylic acids is 2. The number of fused-ring (bicyclic) bond motifs is 1. The molecule has 0 fully saturated rings. The lowest BCUT2D eigenvalue weighted by atomic mass is 10.1. The van der Waals surface area contributed by atoms with Crippen LogP contribution in [0.2, 0.25) is 0 Å². The molecule has 2 heterocycles. The molecule has 0 aliphatic carbocycles. The van der Waals surface area contributed by atoms with E-state index in [2.05, 4.69) is 10.5 Å². The van der Waals surface area contributed by atoms with Crippen LogP contribution in [0.5, 0.6) is 5.75 Å². The molecular formula is C17H16Cl3N3O4. The number of hydrogen-bond acceptors (Lipinski definition) is 5. The first kappa shape index (κ1) is 19.8. The highest BCUT2D eigenvalue weighted by Crippen LogP contribution is 2.38. The first-order valence-corrected chi connectivity index (χ1v) is 9.13. The van der Waals surface area contributed by atoms with E-state index in [1.54, 1.807) is 43.9 Å². The molecule has 0 saturated carbocycles. The highest BCUT2D eigenvalue weighted by molar-refractivity contribution is 6.76. The van der Waals surface area contributed by atoms with Gasteiger partial charge in [-0.05, 0) is 39.0 Å². The number of rotatable bonds is 3. The third-order valence-electron chi connectivity index (χ3n) is 4.18. The minimum Gasteiger partial charge on any atom is -0.479 e. The number of amides is 2. The number of anilines is 2. The van der Waals surface area contributed by atoms with E-state index in [9.17, 15) is 9.59 Å². The van der Waals surface area contributed by atoms with Gasteiger partial charge in [0, 0.05) is 11.3 Å². The van der Waals surface area contributed by atoms with Crippen LogP contribution in [0.15, 0.2) is 22.7 Å². The van der Waals surface area contributed by atoms with E-state index in [4.69, 9.17) is 44.1 Å². The Morgan fingerprint density at radius 3 is 2.63 bits per heavy atom. The minimum absolute atomic E-state index is 0.229. The van der Waals surface area contributed by atoms with E-state index in [1.807, 2.05) is 0 Å². The Morgan fingerprint density at radius 1 is 1.33 bits per heavy atom. The molecule has 1 aliphatic heterocycles. The Morgan fingerprint density at radius 2 is 2.04 bits per heavy atom. The summed E-state index contributed by atoms with van der Waals surface area (Å²) in [5.41, 5.74) is 2.35. The van der Waals surface area contributed by atoms with E-state index in [-0.39, 0.29) is 12.5 Å². The Labute approximate surface area is 170 Å². The highest BCUT2D eigenvalue weighted by atomic mass is 35.6. The number of nitrogens with zero attached hydrogens (tertiary/aromatic N) is 2. The summed E-state index contributed by atoms with van der Waals surface area (Å²) >= 11 is 16.8. The zero-order valence-electron chi connectivity index (χ0n) is 14.7. The number of aromatic nitrogens is 1. The van der Waals surface area contributed by atoms with Gasteiger partial charge in [0.1, 0.15) is 11.5 Å². The van der Waals surface area contributed by atoms with Gasteiger partial charge < -0.3 is 19.5 Å². The van der Waals surface area contributed by atoms with Crippen molar-refractivity contribution in [1.82, 2.24) is 5.16 Å². The van der Waals surface area contributed by atoms with Gasteiger partial charge in [-0.15, -0.1) is 0 Å². The molecule has 2 aromatic rings. The Kier molecular flexibility index (Phi) is 5.29. The zero-order valence-corrected chi connectivity index (χ0v) is 16.9. The van der Waals surface area contributed by atoms with E-state index < -0.39 is 15.8 Å². The summed E-state index contributed by atoms with van der Waals surface area (Å²) in [6, 6.07) is 4.84. The lowest BCUT2D eigenvalue weighted by molar-refractivity contribution is -0.125. The standard InChI is InChI=1S/C17H16Cl3N3O4/c1-8-12(9(2)27-22-8)7-23-13-6-11(21-16(25)17(18,19)20)4-5-14(13)26-10(3)15(23)24/h4-6,10H,7H2,1-3H3,(H,21,25). The molecule has 0 spiro atoms. The second-order valence-corrected chi connectivity index (χ2v) is 8.40. The van der Waals surface area contributed by atoms with Crippen molar-refractivity contribution in [2.24, 2.45) is 0 Å². The van der Waals surface area contributed by atoms with Crippen molar-refractivity contribution < 1.29 is 18.8 Å². The molecule has 1 aromatic heterocycles. The smallest absolute Gasteiger partial charge is 0.276 e. The maximum Gasteiger partial charge on any atom is 0.276 e. The van der Waals surface area contributed by atoms with E-state index in [0.717, 1.165) is 5.56 Å². The van der Waals surface area contributed by atoms with Gasteiger partial charge in [-0.1, -0.05) is 40.0 Å². The predicted molar refractivity (Wildman–Crippen MR) is 103 cm³/mol. The zero-order chi connectivity index (χ0) is 19.9. The molecule has 0 saturated heterocycles. The van der Waals surface area contributed by atoms with Crippen LogP contribution >= 0.6 is 34.8 Å². The largest absolute Gasteiger partial charge is 0.479 e. The summed E-state index contributed by atoms with van der Waals surface area (Å²) in [7, 11) is 0. The molecule has 7 nitrogen and oxygen atoms in total. The molecule has 1 aliphatic rings. The van der Waals surface area contributed by atoms with Crippen LogP contribution in [0.1, 0.15) is 23.9 Å². The average Bonchev–Trinajstić information content (AvgIpc) is 2.90. The average molecular weight is 433 g/mol. The van der Waals surface area contributed by atoms with Crippen LogP contribution in [0.3, 0.4) is 0 Å². The van der Waals surface area contributed by atoms with Gasteiger partial charge in [-0.25, -0.2) is 0 Å². The number of ether oxygens (including phenoxy) is 1. The maximum absolute atomic E-state index is 12.7. The highest BCUT2D eigenvalue weighted by Gasteiger charge is 2.34. The van der Waals surface area contributed by atoms with Gasteiger partial charge in [0.15, 0.2) is 6.10 Å². The minimum atomic E-state index is -2.10. The summed E-state index contributed by atoms with van der Waals surface area (Å²) in [5, 5.41) is 6.42. The Balaban J connectivity index is 1.97. The SMILES string of the molecule is Cc1noc(C)c1CN1C(=O)C(C)Oc2ccc(NC(=O)C(Cl)(Cl)Cl)cc21. The van der Waals surface area contributed by atoms with Crippen molar-refractivity contribution in [1.29, 1.82) is 0 Å². The number of alkyl halides is 3. The van der Waals surface area contributed by atoms with Gasteiger partial charge in [0.05, 0.1) is 17.9 Å². The first-order valence-electron chi connectivity index (χ1n) is 8.00. The third-order valence-corrected chi connectivity index (χ3v) is 4.69. The van der Waals surface area contributed by atoms with Crippen molar-refractivity contribution in [2.75, 3.05) is 10.2 Å². The molecular weight excluding hydrogens is 417 g/mol. The second kappa shape index (κ2) is 7.22. The lowest BCUT2D eigenvalue weighted by Crippen LogP contribution is -2.44. The number of hydrogen-bond donors (Lipinski definition) is 1. The molecule has 3 rings (SSSR count). The van der Waals surface area contributed by atoms with Crippen molar-refractivity contribution in [3.05, 3.63) is 35.2 Å².